The van der Waals surface area contributed by atoms with Crippen LogP contribution in [0.25, 0.3) is 5.82 Å². The molecule has 0 radical (unpaired) electrons. The van der Waals surface area contributed by atoms with Crippen LogP contribution in [0.15, 0.2) is 6.07 Å². The van der Waals surface area contributed by atoms with Gasteiger partial charge in [0, 0.05) is 13.1 Å². The van der Waals surface area contributed by atoms with Crippen LogP contribution in [0.5, 0.6) is 5.88 Å². The summed E-state index contributed by atoms with van der Waals surface area (Å²) in [5.74, 6) is 2.01. The number of aryl methyl sites for hydroxylation is 1. The molecule has 92 valence electrons. The second-order valence-corrected chi connectivity index (χ2v) is 3.46. The highest BCUT2D eigenvalue weighted by Crippen LogP contribution is 2.14. The van der Waals surface area contributed by atoms with Crippen LogP contribution in [0.1, 0.15) is 12.7 Å². The molecule has 0 aliphatic rings. The minimum Gasteiger partial charge on any atom is -0.481 e. The van der Waals surface area contributed by atoms with E-state index < -0.39 is 0 Å². The molecule has 2 aromatic heterocycles. The lowest BCUT2D eigenvalue weighted by molar-refractivity contribution is 0.373. The summed E-state index contributed by atoms with van der Waals surface area (Å²) in [7, 11) is 3.40. The average Bonchev–Trinajstić information content (AvgIpc) is 2.92. The minimum atomic E-state index is 0.600. The number of methoxy groups -OCH3 is 1. The van der Waals surface area contributed by atoms with Crippen LogP contribution in [-0.4, -0.2) is 43.6 Å². The van der Waals surface area contributed by atoms with Gasteiger partial charge in [0.2, 0.25) is 5.88 Å². The van der Waals surface area contributed by atoms with Crippen molar-refractivity contribution in [2.75, 3.05) is 13.7 Å². The summed E-state index contributed by atoms with van der Waals surface area (Å²) in [5.41, 5.74) is 0. The third-order valence-electron chi connectivity index (χ3n) is 2.32. The first-order valence-corrected chi connectivity index (χ1v) is 5.32. The fourth-order valence-corrected chi connectivity index (χ4v) is 1.46. The third-order valence-corrected chi connectivity index (χ3v) is 2.32. The predicted octanol–water partition coefficient (Wildman–Crippen LogP) is -0.486. The summed E-state index contributed by atoms with van der Waals surface area (Å²) < 4.78 is 8.37. The first-order valence-electron chi connectivity index (χ1n) is 5.32. The van der Waals surface area contributed by atoms with Crippen LogP contribution in [0.4, 0.5) is 0 Å². The summed E-state index contributed by atoms with van der Waals surface area (Å²) in [6.45, 7) is 3.48. The molecule has 0 spiro atoms. The number of ether oxygens (including phenoxy) is 1. The highest BCUT2D eigenvalue weighted by Gasteiger charge is 2.12. The van der Waals surface area contributed by atoms with Crippen molar-refractivity contribution in [3.05, 3.63) is 11.9 Å². The van der Waals surface area contributed by atoms with Crippen molar-refractivity contribution >= 4 is 0 Å². The molecule has 0 aromatic carbocycles. The fraction of sp³-hybridized carbons (Fsp3) is 0.556. The van der Waals surface area contributed by atoms with Crippen molar-refractivity contribution in [3.8, 4) is 11.7 Å². The summed E-state index contributed by atoms with van der Waals surface area (Å²) in [5, 5.41) is 18.9. The molecule has 17 heavy (non-hydrogen) atoms. The topological polar surface area (TPSA) is 82.7 Å². The second kappa shape index (κ2) is 4.91. The lowest BCUT2D eigenvalue weighted by atomic mass is 10.5. The zero-order chi connectivity index (χ0) is 12.3. The molecule has 0 atom stereocenters. The van der Waals surface area contributed by atoms with Gasteiger partial charge < -0.3 is 10.1 Å². The Labute approximate surface area is 98.6 Å². The highest BCUT2D eigenvalue weighted by atomic mass is 16.5. The van der Waals surface area contributed by atoms with E-state index in [1.165, 1.54) is 0 Å². The van der Waals surface area contributed by atoms with Crippen LogP contribution in [-0.2, 0) is 13.6 Å². The monoisotopic (exact) mass is 237 g/mol. The quantitative estimate of drug-likeness (QED) is 0.756. The molecule has 0 aliphatic heterocycles. The van der Waals surface area contributed by atoms with Crippen molar-refractivity contribution in [1.29, 1.82) is 0 Å². The number of nitrogens with one attached hydrogen (secondary N) is 1. The van der Waals surface area contributed by atoms with Crippen molar-refractivity contribution in [3.63, 3.8) is 0 Å². The van der Waals surface area contributed by atoms with Gasteiger partial charge in [-0.1, -0.05) is 6.92 Å². The summed E-state index contributed by atoms with van der Waals surface area (Å²) >= 11 is 0. The van der Waals surface area contributed by atoms with E-state index in [4.69, 9.17) is 4.74 Å². The number of nitrogens with zero attached hydrogens (tertiary/aromatic N) is 6. The number of tetrazole rings is 1. The zero-order valence-electron chi connectivity index (χ0n) is 10.1. The van der Waals surface area contributed by atoms with Crippen LogP contribution in [0, 0.1) is 0 Å². The smallest absolute Gasteiger partial charge is 0.213 e. The summed E-state index contributed by atoms with van der Waals surface area (Å²) in [6.07, 6.45) is 0. The van der Waals surface area contributed by atoms with Gasteiger partial charge in [-0.05, 0) is 17.0 Å². The molecule has 0 unspecified atom stereocenters. The largest absolute Gasteiger partial charge is 0.481 e. The van der Waals surface area contributed by atoms with Gasteiger partial charge in [0.25, 0.3) is 0 Å². The Morgan fingerprint density at radius 3 is 2.94 bits per heavy atom. The third kappa shape index (κ3) is 2.26. The van der Waals surface area contributed by atoms with E-state index in [9.17, 15) is 0 Å². The van der Waals surface area contributed by atoms with Crippen LogP contribution >= 0.6 is 0 Å². The molecule has 8 nitrogen and oxygen atoms in total. The van der Waals surface area contributed by atoms with Gasteiger partial charge in [0.15, 0.2) is 11.6 Å². The van der Waals surface area contributed by atoms with Crippen LogP contribution in [0.2, 0.25) is 0 Å². The SMILES string of the molecule is CCNCc1nnnn1-c1cc(OC)n(C)n1. The molecular weight excluding hydrogens is 222 g/mol. The van der Waals surface area contributed by atoms with E-state index in [1.807, 2.05) is 6.92 Å². The van der Waals surface area contributed by atoms with Crippen molar-refractivity contribution in [1.82, 2.24) is 35.3 Å². The normalized spacial score (nSPS) is 10.8. The molecule has 8 heteroatoms. The van der Waals surface area contributed by atoms with Crippen molar-refractivity contribution in [2.24, 2.45) is 7.05 Å². The zero-order valence-corrected chi connectivity index (χ0v) is 10.1. The predicted molar refractivity (Wildman–Crippen MR) is 59.9 cm³/mol. The number of rotatable bonds is 5. The van der Waals surface area contributed by atoms with Gasteiger partial charge in [0.05, 0.1) is 13.7 Å². The summed E-state index contributed by atoms with van der Waals surface area (Å²) in [4.78, 5) is 0. The molecular formula is C9H15N7O. The molecule has 0 saturated carbocycles. The maximum absolute atomic E-state index is 5.15. The standard InChI is InChI=1S/C9H15N7O/c1-4-10-6-8-11-13-14-16(8)7-5-9(17-3)15(2)12-7/h5,10H,4,6H2,1-3H3. The van der Waals surface area contributed by atoms with Gasteiger partial charge >= 0.3 is 0 Å². The van der Waals surface area contributed by atoms with E-state index in [-0.39, 0.29) is 0 Å². The Bertz CT molecular complexity index is 489. The maximum Gasteiger partial charge on any atom is 0.213 e. The second-order valence-electron chi connectivity index (χ2n) is 3.46. The lowest BCUT2D eigenvalue weighted by Crippen LogP contribution is -2.16. The van der Waals surface area contributed by atoms with Gasteiger partial charge in [-0.3, -0.25) is 0 Å². The number of hydrogen-bond donors (Lipinski definition) is 1. The number of aromatic nitrogens is 6. The molecule has 0 amide bonds. The van der Waals surface area contributed by atoms with Crippen molar-refractivity contribution in [2.45, 2.75) is 13.5 Å². The Morgan fingerprint density at radius 1 is 1.47 bits per heavy atom. The molecule has 0 fully saturated rings. The Hall–Kier alpha value is -1.96. The lowest BCUT2D eigenvalue weighted by Gasteiger charge is -2.00. The first kappa shape index (κ1) is 11.5. The van der Waals surface area contributed by atoms with Gasteiger partial charge in [0.1, 0.15) is 0 Å². The average molecular weight is 237 g/mol. The van der Waals surface area contributed by atoms with Crippen LogP contribution < -0.4 is 10.1 Å². The Kier molecular flexibility index (Phi) is 3.33. The molecule has 0 bridgehead atoms. The van der Waals surface area contributed by atoms with Gasteiger partial charge in [-0.25, -0.2) is 4.68 Å². The maximum atomic E-state index is 5.15. The summed E-state index contributed by atoms with van der Waals surface area (Å²) in [6, 6.07) is 1.78. The number of hydrogen-bond acceptors (Lipinski definition) is 6. The molecule has 2 heterocycles. The molecule has 0 saturated heterocycles. The van der Waals surface area contributed by atoms with E-state index in [2.05, 4.69) is 25.9 Å². The van der Waals surface area contributed by atoms with E-state index >= 15 is 0 Å². The molecule has 0 aliphatic carbocycles. The Balaban J connectivity index is 2.29. The van der Waals surface area contributed by atoms with Gasteiger partial charge in [-0.2, -0.15) is 4.68 Å². The highest BCUT2D eigenvalue weighted by molar-refractivity contribution is 5.28. The van der Waals surface area contributed by atoms with E-state index in [1.54, 1.807) is 29.6 Å². The van der Waals surface area contributed by atoms with E-state index in [0.717, 1.165) is 6.54 Å². The Morgan fingerprint density at radius 2 is 2.29 bits per heavy atom. The minimum absolute atomic E-state index is 0.600. The molecule has 1 N–H and O–H groups in total. The molecule has 2 rings (SSSR count). The van der Waals surface area contributed by atoms with Gasteiger partial charge in [-0.15, -0.1) is 10.2 Å². The first-order chi connectivity index (χ1) is 8.26. The van der Waals surface area contributed by atoms with Crippen molar-refractivity contribution < 1.29 is 4.74 Å². The fourth-order valence-electron chi connectivity index (χ4n) is 1.46. The van der Waals surface area contributed by atoms with E-state index in [0.29, 0.717) is 24.1 Å². The molecule has 2 aromatic rings. The van der Waals surface area contributed by atoms with Crippen LogP contribution in [0.3, 0.4) is 0 Å².